The monoisotopic (exact) mass is 390 g/mol. The first kappa shape index (κ1) is 18.1. The number of amides is 1. The van der Waals surface area contributed by atoms with Crippen LogP contribution < -0.4 is 5.32 Å². The van der Waals surface area contributed by atoms with Crippen molar-refractivity contribution in [1.29, 1.82) is 0 Å². The smallest absolute Gasteiger partial charge is 0.256 e. The van der Waals surface area contributed by atoms with Gasteiger partial charge in [-0.15, -0.1) is 11.8 Å². The Morgan fingerprint density at radius 2 is 2.00 bits per heavy atom. The molecule has 2 heterocycles. The summed E-state index contributed by atoms with van der Waals surface area (Å²) in [6.07, 6.45) is 5.33. The molecule has 4 aromatic rings. The molecule has 0 saturated heterocycles. The third-order valence-electron chi connectivity index (χ3n) is 4.11. The van der Waals surface area contributed by atoms with Crippen molar-refractivity contribution in [2.75, 3.05) is 5.32 Å². The van der Waals surface area contributed by atoms with Crippen LogP contribution in [-0.2, 0) is 5.75 Å². The van der Waals surface area contributed by atoms with Gasteiger partial charge in [0.05, 0.1) is 23.3 Å². The number of hydrogen-bond donors (Lipinski definition) is 1. The molecule has 0 atom stereocenters. The van der Waals surface area contributed by atoms with Crippen LogP contribution in [0.1, 0.15) is 21.8 Å². The number of rotatable bonds is 6. The van der Waals surface area contributed by atoms with E-state index in [0.29, 0.717) is 11.3 Å². The molecule has 0 bridgehead atoms. The fraction of sp³-hybridized carbons (Fsp3) is 0.0952. The molecule has 7 heteroatoms. The van der Waals surface area contributed by atoms with Gasteiger partial charge in [-0.1, -0.05) is 17.3 Å². The Morgan fingerprint density at radius 1 is 1.18 bits per heavy atom. The number of anilines is 1. The minimum absolute atomic E-state index is 0.146. The average Bonchev–Trinajstić information content (AvgIpc) is 3.39. The van der Waals surface area contributed by atoms with Gasteiger partial charge in [0.1, 0.15) is 5.76 Å². The molecule has 28 heavy (non-hydrogen) atoms. The van der Waals surface area contributed by atoms with Crippen LogP contribution in [0.3, 0.4) is 0 Å². The lowest BCUT2D eigenvalue weighted by Crippen LogP contribution is -2.13. The van der Waals surface area contributed by atoms with Gasteiger partial charge >= 0.3 is 0 Å². The molecule has 0 fully saturated rings. The maximum atomic E-state index is 12.8. The SMILES string of the molecule is Cc1cc(CSc2ccccc2C(=O)Nc2ccc(-n3ccnc3)cc2)on1. The zero-order valence-electron chi connectivity index (χ0n) is 15.2. The summed E-state index contributed by atoms with van der Waals surface area (Å²) in [4.78, 5) is 17.7. The van der Waals surface area contributed by atoms with Crippen molar-refractivity contribution in [3.8, 4) is 5.69 Å². The van der Waals surface area contributed by atoms with Gasteiger partial charge in [-0.25, -0.2) is 4.98 Å². The molecule has 1 amide bonds. The quantitative estimate of drug-likeness (QED) is 0.483. The first-order valence-corrected chi connectivity index (χ1v) is 9.71. The third kappa shape index (κ3) is 4.15. The summed E-state index contributed by atoms with van der Waals surface area (Å²) in [5.41, 5.74) is 3.19. The Morgan fingerprint density at radius 3 is 2.71 bits per heavy atom. The van der Waals surface area contributed by atoms with E-state index in [9.17, 15) is 4.79 Å². The lowest BCUT2D eigenvalue weighted by Gasteiger charge is -2.10. The Kier molecular flexibility index (Phi) is 5.25. The van der Waals surface area contributed by atoms with Crippen molar-refractivity contribution in [3.63, 3.8) is 0 Å². The molecule has 0 saturated carbocycles. The number of carbonyl (C=O) groups excluding carboxylic acids is 1. The molecular formula is C21H18N4O2S. The third-order valence-corrected chi connectivity index (χ3v) is 5.20. The number of aromatic nitrogens is 3. The van der Waals surface area contributed by atoms with Crippen LogP contribution in [0.15, 0.2) is 82.7 Å². The van der Waals surface area contributed by atoms with Crippen molar-refractivity contribution in [2.24, 2.45) is 0 Å². The highest BCUT2D eigenvalue weighted by Crippen LogP contribution is 2.27. The van der Waals surface area contributed by atoms with Crippen LogP contribution in [0.5, 0.6) is 0 Å². The fourth-order valence-electron chi connectivity index (χ4n) is 2.74. The summed E-state index contributed by atoms with van der Waals surface area (Å²) >= 11 is 1.55. The van der Waals surface area contributed by atoms with Gasteiger partial charge in [0.15, 0.2) is 0 Å². The molecule has 2 aromatic carbocycles. The number of nitrogens with zero attached hydrogens (tertiary/aromatic N) is 3. The molecule has 0 aliphatic heterocycles. The number of thioether (sulfide) groups is 1. The molecule has 140 valence electrons. The highest BCUT2D eigenvalue weighted by molar-refractivity contribution is 7.98. The van der Waals surface area contributed by atoms with Gasteiger partial charge in [-0.2, -0.15) is 0 Å². The van der Waals surface area contributed by atoms with Gasteiger partial charge in [0, 0.05) is 34.7 Å². The largest absolute Gasteiger partial charge is 0.360 e. The summed E-state index contributed by atoms with van der Waals surface area (Å²) in [5.74, 6) is 1.25. The molecule has 1 N–H and O–H groups in total. The molecule has 0 radical (unpaired) electrons. The van der Waals surface area contributed by atoms with Gasteiger partial charge in [-0.3, -0.25) is 4.79 Å². The zero-order chi connectivity index (χ0) is 19.3. The van der Waals surface area contributed by atoms with E-state index in [1.54, 1.807) is 24.3 Å². The zero-order valence-corrected chi connectivity index (χ0v) is 16.0. The van der Waals surface area contributed by atoms with E-state index in [1.165, 1.54) is 0 Å². The number of nitrogens with one attached hydrogen (secondary N) is 1. The van der Waals surface area contributed by atoms with E-state index in [4.69, 9.17) is 4.52 Å². The summed E-state index contributed by atoms with van der Waals surface area (Å²) < 4.78 is 7.15. The molecular weight excluding hydrogens is 372 g/mol. The van der Waals surface area contributed by atoms with Crippen molar-refractivity contribution >= 4 is 23.4 Å². The second-order valence-corrected chi connectivity index (χ2v) is 7.21. The molecule has 0 spiro atoms. The van der Waals surface area contributed by atoms with Crippen molar-refractivity contribution in [3.05, 3.63) is 90.3 Å². The first-order valence-electron chi connectivity index (χ1n) is 8.73. The summed E-state index contributed by atoms with van der Waals surface area (Å²) in [6.45, 7) is 1.89. The Hall–Kier alpha value is -3.32. The number of hydrogen-bond acceptors (Lipinski definition) is 5. The second kappa shape index (κ2) is 8.14. The predicted molar refractivity (Wildman–Crippen MR) is 109 cm³/mol. The van der Waals surface area contributed by atoms with E-state index in [2.05, 4.69) is 15.5 Å². The van der Waals surface area contributed by atoms with Gasteiger partial charge in [-0.05, 0) is 43.3 Å². The molecule has 0 aliphatic rings. The highest BCUT2D eigenvalue weighted by atomic mass is 32.2. The molecule has 6 nitrogen and oxygen atoms in total. The van der Waals surface area contributed by atoms with Crippen molar-refractivity contribution in [1.82, 2.24) is 14.7 Å². The summed E-state index contributed by atoms with van der Waals surface area (Å²) in [7, 11) is 0. The van der Waals surface area contributed by atoms with Gasteiger partial charge in [0.2, 0.25) is 0 Å². The average molecular weight is 390 g/mol. The molecule has 4 rings (SSSR count). The number of benzene rings is 2. The highest BCUT2D eigenvalue weighted by Gasteiger charge is 2.13. The minimum Gasteiger partial charge on any atom is -0.360 e. The van der Waals surface area contributed by atoms with Crippen LogP contribution >= 0.6 is 11.8 Å². The lowest BCUT2D eigenvalue weighted by molar-refractivity contribution is 0.102. The Labute approximate surface area is 166 Å². The van der Waals surface area contributed by atoms with Crippen molar-refractivity contribution < 1.29 is 9.32 Å². The van der Waals surface area contributed by atoms with Crippen LogP contribution in [0.2, 0.25) is 0 Å². The normalized spacial score (nSPS) is 10.8. The molecule has 0 aliphatic carbocycles. The first-order chi connectivity index (χ1) is 13.7. The van der Waals surface area contributed by atoms with Crippen LogP contribution in [0.4, 0.5) is 5.69 Å². The molecule has 2 aromatic heterocycles. The van der Waals surface area contributed by atoms with E-state index in [-0.39, 0.29) is 5.91 Å². The van der Waals surface area contributed by atoms with Gasteiger partial charge in [0.25, 0.3) is 5.91 Å². The Balaban J connectivity index is 1.46. The molecule has 0 unspecified atom stereocenters. The predicted octanol–water partition coefficient (Wildman–Crippen LogP) is 4.71. The second-order valence-electron chi connectivity index (χ2n) is 6.19. The van der Waals surface area contributed by atoms with Crippen molar-refractivity contribution in [2.45, 2.75) is 17.6 Å². The van der Waals surface area contributed by atoms with E-state index in [0.717, 1.165) is 27.7 Å². The van der Waals surface area contributed by atoms with Crippen LogP contribution in [0, 0.1) is 6.92 Å². The number of imidazole rings is 1. The van der Waals surface area contributed by atoms with Crippen LogP contribution in [0.25, 0.3) is 5.69 Å². The van der Waals surface area contributed by atoms with E-state index in [1.807, 2.05) is 72.3 Å². The fourth-order valence-corrected chi connectivity index (χ4v) is 3.67. The number of aryl methyl sites for hydroxylation is 1. The van der Waals surface area contributed by atoms with E-state index >= 15 is 0 Å². The van der Waals surface area contributed by atoms with Crippen LogP contribution in [-0.4, -0.2) is 20.6 Å². The minimum atomic E-state index is -0.146. The Bertz CT molecular complexity index is 1070. The summed E-state index contributed by atoms with van der Waals surface area (Å²) in [5, 5.41) is 6.86. The summed E-state index contributed by atoms with van der Waals surface area (Å²) in [6, 6.07) is 17.1. The van der Waals surface area contributed by atoms with E-state index < -0.39 is 0 Å². The standard InChI is InChI=1S/C21H18N4O2S/c1-15-12-18(27-24-15)13-28-20-5-3-2-4-19(20)21(26)23-16-6-8-17(9-7-16)25-11-10-22-14-25/h2-12,14H,13H2,1H3,(H,23,26). The van der Waals surface area contributed by atoms with Gasteiger partial charge < -0.3 is 14.4 Å². The number of carbonyl (C=O) groups is 1. The topological polar surface area (TPSA) is 73.0 Å². The lowest BCUT2D eigenvalue weighted by atomic mass is 10.2. The maximum absolute atomic E-state index is 12.8. The maximum Gasteiger partial charge on any atom is 0.256 e.